The van der Waals surface area contributed by atoms with Gasteiger partial charge in [0.1, 0.15) is 0 Å². The van der Waals surface area contributed by atoms with Gasteiger partial charge in [-0.05, 0) is 49.1 Å². The summed E-state index contributed by atoms with van der Waals surface area (Å²) in [7, 11) is 0. The third kappa shape index (κ3) is 4.48. The normalized spacial score (nSPS) is 12.9. The number of benzene rings is 1. The maximum atomic E-state index is 6.14. The van der Waals surface area contributed by atoms with Gasteiger partial charge < -0.3 is 14.8 Å². The monoisotopic (exact) mass is 301 g/mol. The Morgan fingerprint density at radius 3 is 3.00 bits per heavy atom. The van der Waals surface area contributed by atoms with E-state index in [1.165, 1.54) is 25.0 Å². The van der Waals surface area contributed by atoms with Crippen LogP contribution in [0.15, 0.2) is 12.1 Å². The molecule has 0 radical (unpaired) electrons. The van der Waals surface area contributed by atoms with E-state index in [0.717, 1.165) is 24.4 Å². The molecule has 0 spiro atoms. The molecule has 0 atom stereocenters. The van der Waals surface area contributed by atoms with E-state index in [9.17, 15) is 0 Å². The minimum atomic E-state index is 0.265. The Hall–Kier alpha value is -0.580. The predicted octanol–water partition coefficient (Wildman–Crippen LogP) is 3.69. The van der Waals surface area contributed by atoms with E-state index >= 15 is 0 Å². The Bertz CT molecular complexity index is 415. The molecule has 1 aromatic carbocycles. The summed E-state index contributed by atoms with van der Waals surface area (Å²) in [5.74, 6) is 2.68. The van der Waals surface area contributed by atoms with Crippen LogP contribution in [-0.2, 0) is 6.54 Å². The molecule has 1 N–H and O–H groups in total. The van der Waals surface area contributed by atoms with E-state index in [2.05, 4.69) is 11.6 Å². The highest BCUT2D eigenvalue weighted by atomic mass is 35.5. The summed E-state index contributed by atoms with van der Waals surface area (Å²) in [5, 5.41) is 4.07. The first kappa shape index (κ1) is 14.8. The fourth-order valence-corrected chi connectivity index (χ4v) is 2.81. The Balaban J connectivity index is 1.70. The third-order valence-corrected chi connectivity index (χ3v) is 4.00. The van der Waals surface area contributed by atoms with Crippen LogP contribution in [0.5, 0.6) is 11.5 Å². The van der Waals surface area contributed by atoms with Crippen molar-refractivity contribution in [3.8, 4) is 11.5 Å². The molecule has 1 heterocycles. The van der Waals surface area contributed by atoms with E-state index < -0.39 is 0 Å². The van der Waals surface area contributed by atoms with Crippen molar-refractivity contribution < 1.29 is 9.47 Å². The zero-order chi connectivity index (χ0) is 13.5. The lowest BCUT2D eigenvalue weighted by Crippen LogP contribution is -2.14. The maximum absolute atomic E-state index is 6.14. The van der Waals surface area contributed by atoms with Gasteiger partial charge in [0.2, 0.25) is 6.79 Å². The molecule has 0 unspecified atom stereocenters. The number of unbranched alkanes of at least 4 members (excludes halogenated alkanes) is 2. The first-order chi connectivity index (χ1) is 9.31. The van der Waals surface area contributed by atoms with E-state index in [1.54, 1.807) is 0 Å². The van der Waals surface area contributed by atoms with E-state index in [4.69, 9.17) is 21.1 Å². The minimum Gasteiger partial charge on any atom is -0.454 e. The molecule has 5 heteroatoms. The molecule has 0 amide bonds. The van der Waals surface area contributed by atoms with Crippen molar-refractivity contribution in [3.05, 3.63) is 22.7 Å². The van der Waals surface area contributed by atoms with Gasteiger partial charge in [0.15, 0.2) is 11.5 Å². The van der Waals surface area contributed by atoms with Crippen molar-refractivity contribution in [2.24, 2.45) is 0 Å². The number of hydrogen-bond donors (Lipinski definition) is 1. The highest BCUT2D eigenvalue weighted by Gasteiger charge is 2.17. The molecule has 1 aromatic rings. The lowest BCUT2D eigenvalue weighted by atomic mass is 10.2. The molecule has 0 saturated heterocycles. The molecular formula is C14H20ClNO2S. The van der Waals surface area contributed by atoms with Crippen LogP contribution >= 0.6 is 23.4 Å². The van der Waals surface area contributed by atoms with Crippen molar-refractivity contribution in [3.63, 3.8) is 0 Å². The van der Waals surface area contributed by atoms with Gasteiger partial charge in [-0.3, -0.25) is 0 Å². The van der Waals surface area contributed by atoms with Gasteiger partial charge in [-0.15, -0.1) is 0 Å². The van der Waals surface area contributed by atoms with Crippen LogP contribution in [0.4, 0.5) is 0 Å². The summed E-state index contributed by atoms with van der Waals surface area (Å²) in [4.78, 5) is 0. The standard InChI is InChI=1S/C14H20ClNO2S/c1-19-6-4-2-3-5-16-9-11-7-12(15)14-13(8-11)17-10-18-14/h7-8,16H,2-6,9-10H2,1H3. The van der Waals surface area contributed by atoms with E-state index in [1.807, 2.05) is 23.9 Å². The van der Waals surface area contributed by atoms with Crippen molar-refractivity contribution in [1.29, 1.82) is 0 Å². The Morgan fingerprint density at radius 2 is 2.16 bits per heavy atom. The number of thioether (sulfide) groups is 1. The molecule has 3 nitrogen and oxygen atoms in total. The summed E-state index contributed by atoms with van der Waals surface area (Å²) in [6.45, 7) is 2.13. The third-order valence-electron chi connectivity index (χ3n) is 3.02. The van der Waals surface area contributed by atoms with Crippen LogP contribution in [0.25, 0.3) is 0 Å². The van der Waals surface area contributed by atoms with Crippen LogP contribution in [0.2, 0.25) is 5.02 Å². The van der Waals surface area contributed by atoms with Gasteiger partial charge in [-0.25, -0.2) is 0 Å². The summed E-state index contributed by atoms with van der Waals surface area (Å²) >= 11 is 8.05. The first-order valence-electron chi connectivity index (χ1n) is 6.59. The van der Waals surface area contributed by atoms with Crippen molar-refractivity contribution >= 4 is 23.4 Å². The zero-order valence-corrected chi connectivity index (χ0v) is 12.8. The molecular weight excluding hydrogens is 282 g/mol. The largest absolute Gasteiger partial charge is 0.454 e. The lowest BCUT2D eigenvalue weighted by Gasteiger charge is -2.07. The number of rotatable bonds is 8. The molecule has 1 aliphatic heterocycles. The van der Waals surface area contributed by atoms with Crippen molar-refractivity contribution in [1.82, 2.24) is 5.32 Å². The Kier molecular flexibility index (Phi) is 6.14. The minimum absolute atomic E-state index is 0.265. The molecule has 19 heavy (non-hydrogen) atoms. The van der Waals surface area contributed by atoms with Gasteiger partial charge >= 0.3 is 0 Å². The van der Waals surface area contributed by atoms with Crippen LogP contribution < -0.4 is 14.8 Å². The smallest absolute Gasteiger partial charge is 0.231 e. The van der Waals surface area contributed by atoms with Crippen LogP contribution in [0.1, 0.15) is 24.8 Å². The molecule has 1 aliphatic rings. The summed E-state index contributed by atoms with van der Waals surface area (Å²) in [5.41, 5.74) is 1.14. The summed E-state index contributed by atoms with van der Waals surface area (Å²) in [6.07, 6.45) is 5.97. The predicted molar refractivity (Wildman–Crippen MR) is 81.5 cm³/mol. The molecule has 0 bridgehead atoms. The molecule has 2 rings (SSSR count). The lowest BCUT2D eigenvalue weighted by molar-refractivity contribution is 0.174. The number of hydrogen-bond acceptors (Lipinski definition) is 4. The fraction of sp³-hybridized carbons (Fsp3) is 0.571. The second-order valence-electron chi connectivity index (χ2n) is 4.54. The van der Waals surface area contributed by atoms with Gasteiger partial charge in [-0.1, -0.05) is 18.0 Å². The van der Waals surface area contributed by atoms with Crippen LogP contribution in [0, 0.1) is 0 Å². The summed E-state index contributed by atoms with van der Waals surface area (Å²) < 4.78 is 10.6. The summed E-state index contributed by atoms with van der Waals surface area (Å²) in [6, 6.07) is 3.94. The van der Waals surface area contributed by atoms with Gasteiger partial charge in [0, 0.05) is 6.54 Å². The fourth-order valence-electron chi connectivity index (χ4n) is 2.03. The number of ether oxygens (including phenoxy) is 2. The average Bonchev–Trinajstić information content (AvgIpc) is 2.86. The van der Waals surface area contributed by atoms with E-state index in [-0.39, 0.29) is 6.79 Å². The second-order valence-corrected chi connectivity index (χ2v) is 5.93. The molecule has 0 aliphatic carbocycles. The first-order valence-corrected chi connectivity index (χ1v) is 8.36. The Morgan fingerprint density at radius 1 is 1.26 bits per heavy atom. The average molecular weight is 302 g/mol. The Labute approximate surface area is 124 Å². The zero-order valence-electron chi connectivity index (χ0n) is 11.2. The molecule has 106 valence electrons. The SMILES string of the molecule is CSCCCCCNCc1cc(Cl)c2c(c1)OCO2. The number of nitrogens with one attached hydrogen (secondary N) is 1. The number of fused-ring (bicyclic) bond motifs is 1. The van der Waals surface area contributed by atoms with Gasteiger partial charge in [0.05, 0.1) is 5.02 Å². The van der Waals surface area contributed by atoms with Crippen LogP contribution in [-0.4, -0.2) is 25.3 Å². The topological polar surface area (TPSA) is 30.5 Å². The molecule has 0 saturated carbocycles. The maximum Gasteiger partial charge on any atom is 0.231 e. The van der Waals surface area contributed by atoms with Crippen LogP contribution in [0.3, 0.4) is 0 Å². The van der Waals surface area contributed by atoms with Gasteiger partial charge in [0.25, 0.3) is 0 Å². The van der Waals surface area contributed by atoms with Gasteiger partial charge in [-0.2, -0.15) is 11.8 Å². The highest BCUT2D eigenvalue weighted by Crippen LogP contribution is 2.39. The highest BCUT2D eigenvalue weighted by molar-refractivity contribution is 7.98. The molecule has 0 aromatic heterocycles. The number of halogens is 1. The second kappa shape index (κ2) is 7.88. The van der Waals surface area contributed by atoms with Crippen molar-refractivity contribution in [2.45, 2.75) is 25.8 Å². The van der Waals surface area contributed by atoms with E-state index in [0.29, 0.717) is 10.8 Å². The van der Waals surface area contributed by atoms with Crippen molar-refractivity contribution in [2.75, 3.05) is 25.3 Å². The quantitative estimate of drug-likeness (QED) is 0.742. The molecule has 0 fully saturated rings.